The number of nitrogens with zero attached hydrogens (tertiary/aromatic N) is 2. The zero-order valence-electron chi connectivity index (χ0n) is 14.4. The van der Waals surface area contributed by atoms with Crippen molar-refractivity contribution in [2.75, 3.05) is 0 Å². The van der Waals surface area contributed by atoms with Gasteiger partial charge < -0.3 is 10.6 Å². The lowest BCUT2D eigenvalue weighted by molar-refractivity contribution is -0.124. The van der Waals surface area contributed by atoms with Crippen LogP contribution in [-0.4, -0.2) is 27.2 Å². The fourth-order valence-corrected chi connectivity index (χ4v) is 3.49. The van der Waals surface area contributed by atoms with Gasteiger partial charge in [-0.15, -0.1) is 11.3 Å². The normalized spacial score (nSPS) is 12.3. The molecular formula is C18H19ClN4O2S. The molecule has 1 unspecified atom stereocenters. The van der Waals surface area contributed by atoms with E-state index in [9.17, 15) is 9.59 Å². The highest BCUT2D eigenvalue weighted by molar-refractivity contribution is 7.15. The molecule has 136 valence electrons. The number of aromatic nitrogens is 2. The Kier molecular flexibility index (Phi) is 5.58. The van der Waals surface area contributed by atoms with E-state index >= 15 is 0 Å². The maximum absolute atomic E-state index is 12.6. The van der Waals surface area contributed by atoms with Gasteiger partial charge in [-0.1, -0.05) is 37.6 Å². The van der Waals surface area contributed by atoms with Gasteiger partial charge in [0.2, 0.25) is 5.91 Å². The van der Waals surface area contributed by atoms with Gasteiger partial charge in [0, 0.05) is 17.8 Å². The first kappa shape index (κ1) is 18.4. The van der Waals surface area contributed by atoms with Crippen LogP contribution in [0.5, 0.6) is 0 Å². The van der Waals surface area contributed by atoms with Crippen molar-refractivity contribution in [2.45, 2.75) is 26.4 Å². The molecule has 26 heavy (non-hydrogen) atoms. The second-order valence-electron chi connectivity index (χ2n) is 6.22. The standard InChI is InChI=1S/C18H19ClN4O2S/c1-11(2)15(22-16(24)13-5-3-4-6-14(13)19)17(25)20-9-12-10-23-7-8-26-18(23)21-12/h3-8,10-11,15H,9H2,1-2H3,(H,20,25)(H,22,24). The lowest BCUT2D eigenvalue weighted by Crippen LogP contribution is -2.49. The first-order valence-electron chi connectivity index (χ1n) is 8.20. The van der Waals surface area contributed by atoms with E-state index in [1.165, 1.54) is 11.3 Å². The number of hydrogen-bond donors (Lipinski definition) is 2. The van der Waals surface area contributed by atoms with E-state index in [-0.39, 0.29) is 17.7 Å². The summed E-state index contributed by atoms with van der Waals surface area (Å²) >= 11 is 7.59. The number of benzene rings is 1. The quantitative estimate of drug-likeness (QED) is 0.679. The number of thiazole rings is 1. The highest BCUT2D eigenvalue weighted by atomic mass is 35.5. The lowest BCUT2D eigenvalue weighted by atomic mass is 10.0. The van der Waals surface area contributed by atoms with Gasteiger partial charge in [-0.25, -0.2) is 4.98 Å². The number of amides is 2. The molecule has 6 nitrogen and oxygen atoms in total. The minimum Gasteiger partial charge on any atom is -0.349 e. The largest absolute Gasteiger partial charge is 0.349 e. The van der Waals surface area contributed by atoms with E-state index in [1.807, 2.05) is 36.0 Å². The molecule has 3 aromatic rings. The summed E-state index contributed by atoms with van der Waals surface area (Å²) in [6.45, 7) is 4.06. The number of fused-ring (bicyclic) bond motifs is 1. The van der Waals surface area contributed by atoms with Crippen LogP contribution in [0.3, 0.4) is 0 Å². The lowest BCUT2D eigenvalue weighted by Gasteiger charge is -2.21. The maximum Gasteiger partial charge on any atom is 0.253 e. The summed E-state index contributed by atoms with van der Waals surface area (Å²) in [7, 11) is 0. The molecule has 3 rings (SSSR count). The van der Waals surface area contributed by atoms with E-state index in [1.54, 1.807) is 24.3 Å². The van der Waals surface area contributed by atoms with Gasteiger partial charge in [-0.2, -0.15) is 0 Å². The molecule has 0 bridgehead atoms. The van der Waals surface area contributed by atoms with Gasteiger partial charge >= 0.3 is 0 Å². The maximum atomic E-state index is 12.6. The third-order valence-electron chi connectivity index (χ3n) is 3.94. The van der Waals surface area contributed by atoms with E-state index in [0.29, 0.717) is 17.1 Å². The van der Waals surface area contributed by atoms with Crippen LogP contribution in [0.25, 0.3) is 4.96 Å². The van der Waals surface area contributed by atoms with Crippen molar-refractivity contribution in [2.24, 2.45) is 5.92 Å². The second-order valence-corrected chi connectivity index (χ2v) is 7.50. The monoisotopic (exact) mass is 390 g/mol. The number of rotatable bonds is 6. The van der Waals surface area contributed by atoms with Crippen LogP contribution in [0.4, 0.5) is 0 Å². The molecule has 1 aromatic carbocycles. The Morgan fingerprint density at radius 2 is 2.08 bits per heavy atom. The molecule has 0 radical (unpaired) electrons. The Hall–Kier alpha value is -2.38. The second kappa shape index (κ2) is 7.88. The summed E-state index contributed by atoms with van der Waals surface area (Å²) in [6.07, 6.45) is 3.79. The van der Waals surface area contributed by atoms with Gasteiger partial charge in [0.1, 0.15) is 6.04 Å². The van der Waals surface area contributed by atoms with E-state index < -0.39 is 6.04 Å². The van der Waals surface area contributed by atoms with Gasteiger partial charge in [0.15, 0.2) is 4.96 Å². The molecule has 2 aromatic heterocycles. The molecule has 0 saturated heterocycles. The number of carbonyl (C=O) groups excluding carboxylic acids is 2. The molecule has 2 amide bonds. The summed E-state index contributed by atoms with van der Waals surface area (Å²) in [6, 6.07) is 6.09. The number of hydrogen-bond acceptors (Lipinski definition) is 4. The molecule has 2 N–H and O–H groups in total. The smallest absolute Gasteiger partial charge is 0.253 e. The number of imidazole rings is 1. The minimum atomic E-state index is -0.664. The highest BCUT2D eigenvalue weighted by Crippen LogP contribution is 2.16. The minimum absolute atomic E-state index is 0.0769. The molecule has 0 aliphatic carbocycles. The first-order chi connectivity index (χ1) is 12.5. The average Bonchev–Trinajstić information content (AvgIpc) is 3.19. The summed E-state index contributed by atoms with van der Waals surface area (Å²) in [5.41, 5.74) is 1.12. The SMILES string of the molecule is CC(C)C(NC(=O)c1ccccc1Cl)C(=O)NCc1cn2ccsc2n1. The molecule has 0 fully saturated rings. The van der Waals surface area contributed by atoms with E-state index in [4.69, 9.17) is 11.6 Å². The van der Waals surface area contributed by atoms with Crippen LogP contribution in [0.15, 0.2) is 42.0 Å². The summed E-state index contributed by atoms with van der Waals surface area (Å²) in [5.74, 6) is -0.698. The van der Waals surface area contributed by atoms with Crippen molar-refractivity contribution in [3.63, 3.8) is 0 Å². The van der Waals surface area contributed by atoms with Gasteiger partial charge in [0.25, 0.3) is 5.91 Å². The molecule has 1 atom stereocenters. The van der Waals surface area contributed by atoms with Crippen LogP contribution in [0.1, 0.15) is 29.9 Å². The zero-order valence-corrected chi connectivity index (χ0v) is 16.0. The average molecular weight is 391 g/mol. The van der Waals surface area contributed by atoms with Crippen LogP contribution in [0.2, 0.25) is 5.02 Å². The van der Waals surface area contributed by atoms with Crippen LogP contribution in [-0.2, 0) is 11.3 Å². The third-order valence-corrected chi connectivity index (χ3v) is 5.04. The molecule has 2 heterocycles. The predicted octanol–water partition coefficient (Wildman–Crippen LogP) is 3.12. The van der Waals surface area contributed by atoms with E-state index in [2.05, 4.69) is 15.6 Å². The summed E-state index contributed by atoms with van der Waals surface area (Å²) < 4.78 is 1.91. The van der Waals surface area contributed by atoms with Crippen molar-refractivity contribution in [1.82, 2.24) is 20.0 Å². The number of carbonyl (C=O) groups is 2. The van der Waals surface area contributed by atoms with Crippen molar-refractivity contribution < 1.29 is 9.59 Å². The fraction of sp³-hybridized carbons (Fsp3) is 0.278. The predicted molar refractivity (Wildman–Crippen MR) is 102 cm³/mol. The molecule has 0 spiro atoms. The van der Waals surface area contributed by atoms with Crippen molar-refractivity contribution in [1.29, 1.82) is 0 Å². The summed E-state index contributed by atoms with van der Waals surface area (Å²) in [5, 5.41) is 7.92. The van der Waals surface area contributed by atoms with Crippen molar-refractivity contribution in [3.8, 4) is 0 Å². The molecule has 0 aliphatic rings. The third kappa shape index (κ3) is 4.05. The van der Waals surface area contributed by atoms with Gasteiger partial charge in [0.05, 0.1) is 22.8 Å². The van der Waals surface area contributed by atoms with Crippen molar-refractivity contribution >= 4 is 39.7 Å². The van der Waals surface area contributed by atoms with Gasteiger partial charge in [-0.3, -0.25) is 14.0 Å². The first-order valence-corrected chi connectivity index (χ1v) is 9.45. The van der Waals surface area contributed by atoms with Crippen LogP contribution < -0.4 is 10.6 Å². The molecule has 8 heteroatoms. The zero-order chi connectivity index (χ0) is 18.7. The Morgan fingerprint density at radius 3 is 2.77 bits per heavy atom. The topological polar surface area (TPSA) is 75.5 Å². The van der Waals surface area contributed by atoms with E-state index in [0.717, 1.165) is 10.7 Å². The Labute approximate surface area is 160 Å². The number of halogens is 1. The molecular weight excluding hydrogens is 372 g/mol. The van der Waals surface area contributed by atoms with Crippen LogP contribution in [0, 0.1) is 5.92 Å². The summed E-state index contributed by atoms with van der Waals surface area (Å²) in [4.78, 5) is 30.3. The van der Waals surface area contributed by atoms with Gasteiger partial charge in [-0.05, 0) is 18.1 Å². The Morgan fingerprint density at radius 1 is 1.31 bits per heavy atom. The Balaban J connectivity index is 1.64. The highest BCUT2D eigenvalue weighted by Gasteiger charge is 2.25. The fourth-order valence-electron chi connectivity index (χ4n) is 2.55. The number of nitrogens with one attached hydrogen (secondary N) is 2. The van der Waals surface area contributed by atoms with Crippen molar-refractivity contribution in [3.05, 3.63) is 58.3 Å². The molecule has 0 aliphatic heterocycles. The molecule has 0 saturated carbocycles. The Bertz CT molecular complexity index is 906. The van der Waals surface area contributed by atoms with Crippen LogP contribution >= 0.6 is 22.9 Å².